The molecule has 22 heavy (non-hydrogen) atoms. The average molecular weight is 361 g/mol. The third-order valence-electron chi connectivity index (χ3n) is 3.18. The van der Waals surface area contributed by atoms with Gasteiger partial charge in [-0.2, -0.15) is 5.10 Å². The zero-order valence-corrected chi connectivity index (χ0v) is 13.4. The van der Waals surface area contributed by atoms with Gasteiger partial charge in [0.15, 0.2) is 11.5 Å². The van der Waals surface area contributed by atoms with Crippen molar-refractivity contribution < 1.29 is 14.3 Å². The van der Waals surface area contributed by atoms with Crippen molar-refractivity contribution in [3.05, 3.63) is 57.6 Å². The van der Waals surface area contributed by atoms with Crippen LogP contribution in [0.2, 0.25) is 0 Å². The molecule has 0 aromatic heterocycles. The lowest BCUT2D eigenvalue weighted by Crippen LogP contribution is -2.17. The Balaban J connectivity index is 1.70. The molecule has 6 heteroatoms. The zero-order valence-electron chi connectivity index (χ0n) is 11.8. The quantitative estimate of drug-likeness (QED) is 0.675. The molecule has 1 N–H and O–H groups in total. The fourth-order valence-corrected chi connectivity index (χ4v) is 2.39. The first-order valence-electron chi connectivity index (χ1n) is 6.63. The van der Waals surface area contributed by atoms with Crippen LogP contribution in [0.5, 0.6) is 11.5 Å². The minimum absolute atomic E-state index is 0.215. The first-order chi connectivity index (χ1) is 10.6. The van der Waals surface area contributed by atoms with E-state index in [1.165, 1.54) is 0 Å². The summed E-state index contributed by atoms with van der Waals surface area (Å²) in [5.74, 6) is 1.09. The van der Waals surface area contributed by atoms with Gasteiger partial charge >= 0.3 is 0 Å². The number of benzene rings is 2. The Kier molecular flexibility index (Phi) is 4.11. The van der Waals surface area contributed by atoms with Crippen molar-refractivity contribution >= 4 is 28.1 Å². The molecule has 1 aliphatic rings. The highest BCUT2D eigenvalue weighted by atomic mass is 79.9. The van der Waals surface area contributed by atoms with E-state index < -0.39 is 0 Å². The highest BCUT2D eigenvalue weighted by Gasteiger charge is 2.15. The zero-order chi connectivity index (χ0) is 15.5. The number of ether oxygens (including phenoxy) is 2. The van der Waals surface area contributed by atoms with Gasteiger partial charge in [0, 0.05) is 15.6 Å². The first-order valence-corrected chi connectivity index (χ1v) is 7.42. The lowest BCUT2D eigenvalue weighted by Gasteiger charge is -2.02. The molecule has 1 amide bonds. The van der Waals surface area contributed by atoms with Crippen molar-refractivity contribution in [1.82, 2.24) is 5.43 Å². The van der Waals surface area contributed by atoms with Crippen LogP contribution in [0.25, 0.3) is 0 Å². The molecular weight excluding hydrogens is 348 g/mol. The maximum Gasteiger partial charge on any atom is 0.271 e. The Labute approximate surface area is 136 Å². The van der Waals surface area contributed by atoms with Crippen molar-refractivity contribution in [2.75, 3.05) is 6.79 Å². The number of hydrogen-bond donors (Lipinski definition) is 1. The molecule has 0 radical (unpaired) electrons. The number of fused-ring (bicyclic) bond motifs is 1. The van der Waals surface area contributed by atoms with Crippen LogP contribution in [0.3, 0.4) is 0 Å². The van der Waals surface area contributed by atoms with Gasteiger partial charge in [0.05, 0.1) is 6.21 Å². The average Bonchev–Trinajstić information content (AvgIpc) is 2.95. The predicted octanol–water partition coefficient (Wildman–Crippen LogP) is 3.25. The summed E-state index contributed by atoms with van der Waals surface area (Å²) in [7, 11) is 0. The second kappa shape index (κ2) is 6.19. The number of rotatable bonds is 3. The van der Waals surface area contributed by atoms with Crippen LogP contribution in [0.15, 0.2) is 46.0 Å². The topological polar surface area (TPSA) is 59.9 Å². The van der Waals surface area contributed by atoms with Gasteiger partial charge in [-0.05, 0) is 47.1 Å². The molecule has 0 bridgehead atoms. The molecule has 3 rings (SSSR count). The fourth-order valence-electron chi connectivity index (χ4n) is 1.96. The lowest BCUT2D eigenvalue weighted by atomic mass is 10.1. The molecule has 112 valence electrons. The normalized spacial score (nSPS) is 12.6. The van der Waals surface area contributed by atoms with E-state index in [0.29, 0.717) is 17.1 Å². The molecule has 2 aromatic carbocycles. The van der Waals surface area contributed by atoms with Crippen LogP contribution in [-0.2, 0) is 0 Å². The number of aryl methyl sites for hydroxylation is 1. The van der Waals surface area contributed by atoms with E-state index in [1.807, 2.05) is 25.1 Å². The highest BCUT2D eigenvalue weighted by molar-refractivity contribution is 9.10. The molecule has 0 unspecified atom stereocenters. The van der Waals surface area contributed by atoms with E-state index >= 15 is 0 Å². The van der Waals surface area contributed by atoms with Gasteiger partial charge in [-0.15, -0.1) is 0 Å². The van der Waals surface area contributed by atoms with Crippen LogP contribution < -0.4 is 14.9 Å². The largest absolute Gasteiger partial charge is 0.454 e. The minimum Gasteiger partial charge on any atom is -0.454 e. The number of nitrogens with zero attached hydrogens (tertiary/aromatic N) is 1. The fraction of sp³-hybridized carbons (Fsp3) is 0.125. The summed E-state index contributed by atoms with van der Waals surface area (Å²) in [5, 5.41) is 3.98. The van der Waals surface area contributed by atoms with E-state index in [2.05, 4.69) is 26.5 Å². The Bertz CT molecular complexity index is 742. The molecule has 5 nitrogen and oxygen atoms in total. The van der Waals surface area contributed by atoms with Crippen molar-refractivity contribution in [2.45, 2.75) is 6.92 Å². The predicted molar refractivity (Wildman–Crippen MR) is 86.5 cm³/mol. The number of carbonyl (C=O) groups is 1. The number of carbonyl (C=O) groups excluding carboxylic acids is 1. The Morgan fingerprint density at radius 3 is 2.64 bits per heavy atom. The van der Waals surface area contributed by atoms with Crippen LogP contribution in [0.1, 0.15) is 21.5 Å². The SMILES string of the molecule is Cc1ccc(C(=O)N/N=C/c2cc3c(cc2Br)OCO3)cc1. The van der Waals surface area contributed by atoms with Crippen LogP contribution in [0.4, 0.5) is 0 Å². The molecule has 1 heterocycles. The van der Waals surface area contributed by atoms with E-state index in [4.69, 9.17) is 9.47 Å². The van der Waals surface area contributed by atoms with E-state index in [-0.39, 0.29) is 12.7 Å². The van der Waals surface area contributed by atoms with Gasteiger partial charge < -0.3 is 9.47 Å². The summed E-state index contributed by atoms with van der Waals surface area (Å²) < 4.78 is 11.4. The van der Waals surface area contributed by atoms with Crippen molar-refractivity contribution in [3.8, 4) is 11.5 Å². The molecule has 1 aliphatic heterocycles. The number of hydrazone groups is 1. The molecule has 0 saturated heterocycles. The van der Waals surface area contributed by atoms with Crippen LogP contribution >= 0.6 is 15.9 Å². The Hall–Kier alpha value is -2.34. The maximum absolute atomic E-state index is 11.9. The van der Waals surface area contributed by atoms with Gasteiger partial charge in [0.1, 0.15) is 0 Å². The summed E-state index contributed by atoms with van der Waals surface area (Å²) in [5.41, 5.74) is 4.95. The summed E-state index contributed by atoms with van der Waals surface area (Å²) in [6, 6.07) is 10.9. The number of nitrogens with one attached hydrogen (secondary N) is 1. The third-order valence-corrected chi connectivity index (χ3v) is 3.86. The van der Waals surface area contributed by atoms with Gasteiger partial charge in [0.25, 0.3) is 5.91 Å². The standard InChI is InChI=1S/C16H13BrN2O3/c1-10-2-4-11(5-3-10)16(20)19-18-8-12-6-14-15(7-13(12)17)22-9-21-14/h2-8H,9H2,1H3,(H,19,20)/b18-8+. The molecular formula is C16H13BrN2O3. The lowest BCUT2D eigenvalue weighted by molar-refractivity contribution is 0.0955. The summed E-state index contributed by atoms with van der Waals surface area (Å²) >= 11 is 3.43. The van der Waals surface area contributed by atoms with E-state index in [0.717, 1.165) is 15.6 Å². The number of amides is 1. The van der Waals surface area contributed by atoms with Crippen LogP contribution in [0, 0.1) is 6.92 Å². The summed E-state index contributed by atoms with van der Waals surface area (Å²) in [4.78, 5) is 11.9. The maximum atomic E-state index is 11.9. The Morgan fingerprint density at radius 2 is 1.91 bits per heavy atom. The van der Waals surface area contributed by atoms with E-state index in [9.17, 15) is 4.79 Å². The molecule has 2 aromatic rings. The first kappa shape index (κ1) is 14.6. The van der Waals surface area contributed by atoms with Crippen molar-refractivity contribution in [1.29, 1.82) is 0 Å². The van der Waals surface area contributed by atoms with Crippen molar-refractivity contribution in [2.24, 2.45) is 5.10 Å². The molecule has 0 spiro atoms. The second-order valence-corrected chi connectivity index (χ2v) is 5.65. The van der Waals surface area contributed by atoms with Crippen LogP contribution in [-0.4, -0.2) is 18.9 Å². The monoisotopic (exact) mass is 360 g/mol. The van der Waals surface area contributed by atoms with Crippen molar-refractivity contribution in [3.63, 3.8) is 0 Å². The summed E-state index contributed by atoms with van der Waals surface area (Å²) in [6.07, 6.45) is 1.55. The third kappa shape index (κ3) is 3.12. The molecule has 0 atom stereocenters. The Morgan fingerprint density at radius 1 is 1.23 bits per heavy atom. The van der Waals surface area contributed by atoms with Gasteiger partial charge in [-0.1, -0.05) is 17.7 Å². The smallest absolute Gasteiger partial charge is 0.271 e. The highest BCUT2D eigenvalue weighted by Crippen LogP contribution is 2.36. The molecule has 0 aliphatic carbocycles. The molecule has 0 fully saturated rings. The summed E-state index contributed by atoms with van der Waals surface area (Å²) in [6.45, 7) is 2.18. The minimum atomic E-state index is -0.256. The second-order valence-electron chi connectivity index (χ2n) is 4.79. The number of hydrogen-bond acceptors (Lipinski definition) is 4. The van der Waals surface area contributed by atoms with Gasteiger partial charge in [-0.3, -0.25) is 4.79 Å². The van der Waals surface area contributed by atoms with E-state index in [1.54, 1.807) is 24.4 Å². The molecule has 0 saturated carbocycles. The van der Waals surface area contributed by atoms with Gasteiger partial charge in [0.2, 0.25) is 6.79 Å². The van der Waals surface area contributed by atoms with Gasteiger partial charge in [-0.25, -0.2) is 5.43 Å². The number of halogens is 1.